The molecule has 0 radical (unpaired) electrons. The Kier molecular flexibility index (Phi) is 7.96. The van der Waals surface area contributed by atoms with Gasteiger partial charge in [-0.15, -0.1) is 11.3 Å². The molecule has 0 aliphatic heterocycles. The van der Waals surface area contributed by atoms with E-state index in [1.807, 2.05) is 24.3 Å². The number of thiophene rings is 1. The number of unbranched alkanes of at least 4 members (excludes halogenated alkanes) is 5. The Morgan fingerprint density at radius 2 is 1.91 bits per heavy atom. The van der Waals surface area contributed by atoms with E-state index < -0.39 is 0 Å². The summed E-state index contributed by atoms with van der Waals surface area (Å²) in [5.74, 6) is 1.16. The molecule has 0 atom stereocenters. The van der Waals surface area contributed by atoms with Crippen LogP contribution in [0.5, 0.6) is 5.75 Å². The molecule has 2 aromatic heterocycles. The van der Waals surface area contributed by atoms with E-state index in [2.05, 4.69) is 23.0 Å². The van der Waals surface area contributed by atoms with Gasteiger partial charge in [-0.3, -0.25) is 4.79 Å². The number of allylic oxidation sites excluding steroid dienone is 1. The van der Waals surface area contributed by atoms with Crippen molar-refractivity contribution in [2.24, 2.45) is 0 Å². The average molecular weight is 462 g/mol. The Balaban J connectivity index is 1.44. The number of ether oxygens (including phenoxy) is 1. The van der Waals surface area contributed by atoms with Gasteiger partial charge in [0.1, 0.15) is 16.6 Å². The second-order valence-corrected chi connectivity index (χ2v) is 9.74. The Morgan fingerprint density at radius 1 is 1.15 bits per heavy atom. The Bertz CT molecular complexity index is 1220. The van der Waals surface area contributed by atoms with E-state index in [0.717, 1.165) is 60.4 Å². The molecule has 5 nitrogen and oxygen atoms in total. The zero-order chi connectivity index (χ0) is 23.0. The van der Waals surface area contributed by atoms with E-state index in [0.29, 0.717) is 16.8 Å². The monoisotopic (exact) mass is 461 g/mol. The number of aromatic nitrogens is 2. The van der Waals surface area contributed by atoms with Crippen LogP contribution in [-0.2, 0) is 12.8 Å². The molecule has 1 aromatic carbocycles. The van der Waals surface area contributed by atoms with Gasteiger partial charge in [0.05, 0.1) is 17.6 Å². The number of nitrogens with zero attached hydrogens (tertiary/aromatic N) is 2. The first-order chi connectivity index (χ1) is 16.2. The normalized spacial score (nSPS) is 13.6. The summed E-state index contributed by atoms with van der Waals surface area (Å²) in [6.45, 7) is 2.95. The Morgan fingerprint density at radius 3 is 2.70 bits per heavy atom. The number of hydrogen-bond donors (Lipinski definition) is 1. The smallest absolute Gasteiger partial charge is 0.260 e. The highest BCUT2D eigenvalue weighted by molar-refractivity contribution is 7.18. The van der Waals surface area contributed by atoms with Crippen molar-refractivity contribution < 1.29 is 4.74 Å². The highest BCUT2D eigenvalue weighted by Gasteiger charge is 2.20. The van der Waals surface area contributed by atoms with Crippen molar-refractivity contribution in [3.8, 4) is 11.8 Å². The van der Waals surface area contributed by atoms with Crippen LogP contribution in [0.1, 0.15) is 80.1 Å². The van der Waals surface area contributed by atoms with Crippen molar-refractivity contribution in [2.45, 2.75) is 71.1 Å². The second-order valence-electron chi connectivity index (χ2n) is 8.66. The third kappa shape index (κ3) is 5.72. The van der Waals surface area contributed by atoms with Crippen LogP contribution in [0, 0.1) is 11.3 Å². The summed E-state index contributed by atoms with van der Waals surface area (Å²) in [6, 6.07) is 9.89. The summed E-state index contributed by atoms with van der Waals surface area (Å²) in [7, 11) is 0. The number of hydrogen-bond acceptors (Lipinski definition) is 5. The molecule has 2 heterocycles. The van der Waals surface area contributed by atoms with Crippen LogP contribution in [0.15, 0.2) is 29.1 Å². The summed E-state index contributed by atoms with van der Waals surface area (Å²) in [5.41, 5.74) is 2.22. The van der Waals surface area contributed by atoms with Crippen LogP contribution in [0.4, 0.5) is 0 Å². The standard InChI is InChI=1S/C27H31N3O2S/c1-2-3-4-5-6-9-16-32-21-14-12-19(13-15-21)17-20(18-28)25-29-26(31)24-22-10-7-8-11-23(22)33-27(24)30-25/h12-15,17H,2-11,16H2,1H3,(H,29,30,31). The lowest BCUT2D eigenvalue weighted by Gasteiger charge is -2.09. The predicted molar refractivity (Wildman–Crippen MR) is 136 cm³/mol. The summed E-state index contributed by atoms with van der Waals surface area (Å²) in [5, 5.41) is 10.5. The number of H-pyrrole nitrogens is 1. The van der Waals surface area contributed by atoms with E-state index in [4.69, 9.17) is 4.74 Å². The summed E-state index contributed by atoms with van der Waals surface area (Å²) < 4.78 is 5.84. The zero-order valence-corrected chi connectivity index (χ0v) is 20.1. The van der Waals surface area contributed by atoms with Gasteiger partial charge in [-0.25, -0.2) is 4.98 Å². The van der Waals surface area contributed by atoms with E-state index >= 15 is 0 Å². The molecule has 0 bridgehead atoms. The number of rotatable bonds is 10. The summed E-state index contributed by atoms with van der Waals surface area (Å²) >= 11 is 1.59. The topological polar surface area (TPSA) is 78.8 Å². The molecular weight excluding hydrogens is 430 g/mol. The largest absolute Gasteiger partial charge is 0.494 e. The molecular formula is C27H31N3O2S. The summed E-state index contributed by atoms with van der Waals surface area (Å²) in [6.07, 6.45) is 13.4. The lowest BCUT2D eigenvalue weighted by atomic mass is 9.97. The number of nitriles is 1. The van der Waals surface area contributed by atoms with Gasteiger partial charge in [-0.1, -0.05) is 51.2 Å². The van der Waals surface area contributed by atoms with Crippen molar-refractivity contribution in [3.05, 3.63) is 56.4 Å². The molecule has 0 unspecified atom stereocenters. The molecule has 33 heavy (non-hydrogen) atoms. The van der Waals surface area contributed by atoms with E-state index in [9.17, 15) is 10.1 Å². The van der Waals surface area contributed by atoms with Crippen LogP contribution < -0.4 is 10.3 Å². The Labute approximate surface area is 199 Å². The molecule has 1 aliphatic carbocycles. The lowest BCUT2D eigenvalue weighted by molar-refractivity contribution is 0.304. The van der Waals surface area contributed by atoms with Crippen molar-refractivity contribution in [1.29, 1.82) is 5.26 Å². The third-order valence-corrected chi connectivity index (χ3v) is 7.34. The van der Waals surface area contributed by atoms with Gasteiger partial charge in [0.15, 0.2) is 5.82 Å². The van der Waals surface area contributed by atoms with Crippen LogP contribution in [0.25, 0.3) is 21.9 Å². The fourth-order valence-corrected chi connectivity index (χ4v) is 5.61. The van der Waals surface area contributed by atoms with Crippen LogP contribution >= 0.6 is 11.3 Å². The van der Waals surface area contributed by atoms with E-state index in [-0.39, 0.29) is 5.56 Å². The number of aromatic amines is 1. The highest BCUT2D eigenvalue weighted by Crippen LogP contribution is 2.34. The minimum Gasteiger partial charge on any atom is -0.494 e. The second kappa shape index (κ2) is 11.3. The van der Waals surface area contributed by atoms with Gasteiger partial charge in [0.2, 0.25) is 0 Å². The van der Waals surface area contributed by atoms with Crippen molar-refractivity contribution in [1.82, 2.24) is 9.97 Å². The molecule has 0 saturated heterocycles. The SMILES string of the molecule is CCCCCCCCOc1ccc(C=C(C#N)c2nc3sc4c(c3c(=O)[nH]2)CCCC4)cc1. The minimum absolute atomic E-state index is 0.144. The number of aryl methyl sites for hydroxylation is 2. The molecule has 6 heteroatoms. The van der Waals surface area contributed by atoms with Crippen molar-refractivity contribution in [2.75, 3.05) is 6.61 Å². The molecule has 172 valence electrons. The quantitative estimate of drug-likeness (QED) is 0.270. The van der Waals surface area contributed by atoms with Crippen LogP contribution in [-0.4, -0.2) is 16.6 Å². The first-order valence-electron chi connectivity index (χ1n) is 12.1. The van der Waals surface area contributed by atoms with Gasteiger partial charge < -0.3 is 9.72 Å². The molecule has 0 spiro atoms. The maximum absolute atomic E-state index is 12.8. The van der Waals surface area contributed by atoms with Crippen molar-refractivity contribution >= 4 is 33.2 Å². The molecule has 0 fully saturated rings. The van der Waals surface area contributed by atoms with Gasteiger partial charge in [-0.05, 0) is 61.4 Å². The van der Waals surface area contributed by atoms with Gasteiger partial charge in [0, 0.05) is 4.88 Å². The zero-order valence-electron chi connectivity index (χ0n) is 19.3. The highest BCUT2D eigenvalue weighted by atomic mass is 32.1. The molecule has 4 rings (SSSR count). The maximum Gasteiger partial charge on any atom is 0.260 e. The first kappa shape index (κ1) is 23.3. The Hall–Kier alpha value is -2.91. The fourth-order valence-electron chi connectivity index (χ4n) is 4.34. The molecule has 0 saturated carbocycles. The van der Waals surface area contributed by atoms with E-state index in [1.165, 1.54) is 37.0 Å². The molecule has 1 aliphatic rings. The van der Waals surface area contributed by atoms with Gasteiger partial charge in [0.25, 0.3) is 5.56 Å². The number of fused-ring (bicyclic) bond motifs is 3. The van der Waals surface area contributed by atoms with Crippen LogP contribution in [0.3, 0.4) is 0 Å². The minimum atomic E-state index is -0.144. The predicted octanol–water partition coefficient (Wildman–Crippen LogP) is 6.67. The van der Waals surface area contributed by atoms with Crippen molar-refractivity contribution in [3.63, 3.8) is 0 Å². The lowest BCUT2D eigenvalue weighted by Crippen LogP contribution is -2.12. The average Bonchev–Trinajstić information content (AvgIpc) is 3.22. The number of benzene rings is 1. The molecule has 3 aromatic rings. The number of nitrogens with one attached hydrogen (secondary N) is 1. The van der Waals surface area contributed by atoms with Gasteiger partial charge >= 0.3 is 0 Å². The third-order valence-electron chi connectivity index (χ3n) is 6.16. The fraction of sp³-hybridized carbons (Fsp3) is 0.444. The van der Waals surface area contributed by atoms with Gasteiger partial charge in [-0.2, -0.15) is 5.26 Å². The summed E-state index contributed by atoms with van der Waals surface area (Å²) in [4.78, 5) is 22.3. The first-order valence-corrected chi connectivity index (χ1v) is 12.9. The maximum atomic E-state index is 12.8. The molecule has 1 N–H and O–H groups in total. The van der Waals surface area contributed by atoms with Crippen LogP contribution in [0.2, 0.25) is 0 Å². The molecule has 0 amide bonds. The van der Waals surface area contributed by atoms with E-state index in [1.54, 1.807) is 17.4 Å².